The summed E-state index contributed by atoms with van der Waals surface area (Å²) in [6, 6.07) is 5.56. The number of carbonyl (C=O) groups excluding carboxylic acids is 1. The molecule has 0 bridgehead atoms. The van der Waals surface area contributed by atoms with Gasteiger partial charge in [0.1, 0.15) is 17.3 Å². The lowest BCUT2D eigenvalue weighted by molar-refractivity contribution is -0.111. The highest BCUT2D eigenvalue weighted by atomic mass is 16.3. The van der Waals surface area contributed by atoms with Crippen molar-refractivity contribution in [2.45, 2.75) is 19.3 Å². The number of rotatable bonds is 4. The van der Waals surface area contributed by atoms with Gasteiger partial charge in [-0.15, -0.1) is 0 Å². The first-order chi connectivity index (χ1) is 9.22. The molecule has 1 fully saturated rings. The molecular formula is C14H15N3O2. The van der Waals surface area contributed by atoms with Crippen molar-refractivity contribution in [1.82, 2.24) is 10.2 Å². The Hall–Kier alpha value is -2.30. The summed E-state index contributed by atoms with van der Waals surface area (Å²) in [5, 5.41) is 9.06. The standard InChI is InChI=1S/C14H15N3O2/c1-9-8-11(9)12-4-2-10(19-12)3-5-14(18)16-13-6-7-15-17-13/h2-7,9,11H,8H2,1H3,(H2,15,16,17,18)/b5-3+. The van der Waals surface area contributed by atoms with Gasteiger partial charge in [0.25, 0.3) is 0 Å². The summed E-state index contributed by atoms with van der Waals surface area (Å²) >= 11 is 0. The van der Waals surface area contributed by atoms with Crippen LogP contribution >= 0.6 is 0 Å². The number of nitrogens with zero attached hydrogens (tertiary/aromatic N) is 1. The number of aromatic amines is 1. The molecule has 2 unspecified atom stereocenters. The highest BCUT2D eigenvalue weighted by Gasteiger charge is 2.36. The van der Waals surface area contributed by atoms with Crippen LogP contribution in [0.4, 0.5) is 5.82 Å². The summed E-state index contributed by atoms with van der Waals surface area (Å²) in [7, 11) is 0. The first-order valence-electron chi connectivity index (χ1n) is 6.30. The van der Waals surface area contributed by atoms with Crippen molar-refractivity contribution < 1.29 is 9.21 Å². The molecule has 3 rings (SSSR count). The van der Waals surface area contributed by atoms with Gasteiger partial charge in [-0.3, -0.25) is 9.89 Å². The highest BCUT2D eigenvalue weighted by Crippen LogP contribution is 2.47. The van der Waals surface area contributed by atoms with Crippen LogP contribution in [0.5, 0.6) is 0 Å². The molecular weight excluding hydrogens is 242 g/mol. The molecule has 5 nitrogen and oxygen atoms in total. The lowest BCUT2D eigenvalue weighted by Gasteiger charge is -1.95. The second-order valence-corrected chi connectivity index (χ2v) is 4.85. The average Bonchev–Trinajstić information content (AvgIpc) is 2.87. The molecule has 0 aromatic carbocycles. The maximum atomic E-state index is 11.6. The molecule has 1 amide bonds. The molecule has 2 aromatic heterocycles. The zero-order chi connectivity index (χ0) is 13.2. The van der Waals surface area contributed by atoms with E-state index in [-0.39, 0.29) is 5.91 Å². The van der Waals surface area contributed by atoms with Crippen LogP contribution in [0, 0.1) is 5.92 Å². The Morgan fingerprint density at radius 2 is 2.37 bits per heavy atom. The van der Waals surface area contributed by atoms with Crippen molar-refractivity contribution >= 4 is 17.8 Å². The summed E-state index contributed by atoms with van der Waals surface area (Å²) in [6.45, 7) is 2.21. The molecule has 2 N–H and O–H groups in total. The number of aromatic nitrogens is 2. The molecule has 0 radical (unpaired) electrons. The van der Waals surface area contributed by atoms with Gasteiger partial charge in [-0.25, -0.2) is 0 Å². The maximum absolute atomic E-state index is 11.6. The van der Waals surface area contributed by atoms with Crippen molar-refractivity contribution in [2.24, 2.45) is 5.92 Å². The Kier molecular flexibility index (Phi) is 2.95. The first kappa shape index (κ1) is 11.8. The lowest BCUT2D eigenvalue weighted by atomic mass is 10.3. The summed E-state index contributed by atoms with van der Waals surface area (Å²) in [5.41, 5.74) is 0. The molecule has 1 saturated carbocycles. The number of carbonyl (C=O) groups is 1. The molecule has 2 aromatic rings. The van der Waals surface area contributed by atoms with Crippen molar-refractivity contribution in [3.8, 4) is 0 Å². The van der Waals surface area contributed by atoms with Gasteiger partial charge < -0.3 is 9.73 Å². The summed E-state index contributed by atoms with van der Waals surface area (Å²) in [4.78, 5) is 11.6. The number of amides is 1. The van der Waals surface area contributed by atoms with E-state index in [2.05, 4.69) is 22.4 Å². The normalized spacial score (nSPS) is 21.7. The maximum Gasteiger partial charge on any atom is 0.249 e. The molecule has 5 heteroatoms. The molecule has 2 heterocycles. The molecule has 2 atom stereocenters. The third-order valence-corrected chi connectivity index (χ3v) is 3.28. The molecule has 0 saturated heterocycles. The van der Waals surface area contributed by atoms with E-state index in [0.717, 1.165) is 5.76 Å². The van der Waals surface area contributed by atoms with Gasteiger partial charge in [-0.05, 0) is 30.5 Å². The van der Waals surface area contributed by atoms with E-state index in [1.165, 1.54) is 12.5 Å². The van der Waals surface area contributed by atoms with Gasteiger partial charge in [0.05, 0.1) is 6.20 Å². The molecule has 1 aliphatic carbocycles. The predicted molar refractivity (Wildman–Crippen MR) is 71.5 cm³/mol. The van der Waals surface area contributed by atoms with E-state index in [1.807, 2.05) is 12.1 Å². The molecule has 0 aliphatic heterocycles. The van der Waals surface area contributed by atoms with E-state index in [9.17, 15) is 4.79 Å². The summed E-state index contributed by atoms with van der Waals surface area (Å²) < 4.78 is 5.68. The Morgan fingerprint density at radius 3 is 3.05 bits per heavy atom. The van der Waals surface area contributed by atoms with E-state index in [0.29, 0.717) is 23.4 Å². The van der Waals surface area contributed by atoms with Crippen molar-refractivity contribution in [2.75, 3.05) is 5.32 Å². The van der Waals surface area contributed by atoms with Crippen LogP contribution in [0.3, 0.4) is 0 Å². The van der Waals surface area contributed by atoms with Crippen molar-refractivity contribution in [3.63, 3.8) is 0 Å². The Balaban J connectivity index is 1.59. The SMILES string of the molecule is CC1CC1c1ccc(/C=C/C(=O)Nc2ccn[nH]2)o1. The van der Waals surface area contributed by atoms with Gasteiger partial charge in [-0.2, -0.15) is 5.10 Å². The van der Waals surface area contributed by atoms with E-state index < -0.39 is 0 Å². The third-order valence-electron chi connectivity index (χ3n) is 3.28. The van der Waals surface area contributed by atoms with E-state index in [4.69, 9.17) is 4.42 Å². The predicted octanol–water partition coefficient (Wildman–Crippen LogP) is 2.78. The van der Waals surface area contributed by atoms with Crippen LogP contribution in [0.25, 0.3) is 6.08 Å². The number of hydrogen-bond donors (Lipinski definition) is 2. The fourth-order valence-corrected chi connectivity index (χ4v) is 2.03. The topological polar surface area (TPSA) is 70.9 Å². The van der Waals surface area contributed by atoms with Gasteiger partial charge >= 0.3 is 0 Å². The smallest absolute Gasteiger partial charge is 0.249 e. The van der Waals surface area contributed by atoms with Crippen LogP contribution in [-0.4, -0.2) is 16.1 Å². The summed E-state index contributed by atoms with van der Waals surface area (Å²) in [5.74, 6) is 3.34. The second-order valence-electron chi connectivity index (χ2n) is 4.85. The number of H-pyrrole nitrogens is 1. The summed E-state index contributed by atoms with van der Waals surface area (Å²) in [6.07, 6.45) is 5.88. The van der Waals surface area contributed by atoms with Crippen LogP contribution in [0.1, 0.15) is 30.8 Å². The van der Waals surface area contributed by atoms with Gasteiger partial charge in [0, 0.05) is 18.1 Å². The molecule has 0 spiro atoms. The minimum atomic E-state index is -0.220. The lowest BCUT2D eigenvalue weighted by Crippen LogP contribution is -2.07. The highest BCUT2D eigenvalue weighted by molar-refractivity contribution is 6.01. The fraction of sp³-hybridized carbons (Fsp3) is 0.286. The Labute approximate surface area is 110 Å². The monoisotopic (exact) mass is 257 g/mol. The quantitative estimate of drug-likeness (QED) is 0.827. The average molecular weight is 257 g/mol. The number of furan rings is 1. The molecule has 98 valence electrons. The number of nitrogens with one attached hydrogen (secondary N) is 2. The van der Waals surface area contributed by atoms with Gasteiger partial charge in [0.2, 0.25) is 5.91 Å². The van der Waals surface area contributed by atoms with Crippen molar-refractivity contribution in [3.05, 3.63) is 42.0 Å². The van der Waals surface area contributed by atoms with Gasteiger partial charge in [0.15, 0.2) is 0 Å². The Bertz CT molecular complexity index is 598. The van der Waals surface area contributed by atoms with Crippen LogP contribution in [0.15, 0.2) is 34.9 Å². The van der Waals surface area contributed by atoms with Gasteiger partial charge in [-0.1, -0.05) is 6.92 Å². The zero-order valence-corrected chi connectivity index (χ0v) is 10.6. The van der Waals surface area contributed by atoms with Crippen molar-refractivity contribution in [1.29, 1.82) is 0 Å². The Morgan fingerprint density at radius 1 is 1.53 bits per heavy atom. The largest absolute Gasteiger partial charge is 0.461 e. The van der Waals surface area contributed by atoms with E-state index in [1.54, 1.807) is 18.3 Å². The van der Waals surface area contributed by atoms with E-state index >= 15 is 0 Å². The second kappa shape index (κ2) is 4.76. The number of hydrogen-bond acceptors (Lipinski definition) is 3. The zero-order valence-electron chi connectivity index (χ0n) is 10.6. The fourth-order valence-electron chi connectivity index (χ4n) is 2.03. The molecule has 19 heavy (non-hydrogen) atoms. The minimum absolute atomic E-state index is 0.220. The van der Waals surface area contributed by atoms with Crippen LogP contribution in [0.2, 0.25) is 0 Å². The number of anilines is 1. The van der Waals surface area contributed by atoms with Crippen LogP contribution < -0.4 is 5.32 Å². The van der Waals surface area contributed by atoms with Crippen LogP contribution in [-0.2, 0) is 4.79 Å². The first-order valence-corrected chi connectivity index (χ1v) is 6.30. The third kappa shape index (κ3) is 2.76. The molecule has 1 aliphatic rings. The minimum Gasteiger partial charge on any atom is -0.461 e.